The summed E-state index contributed by atoms with van der Waals surface area (Å²) < 4.78 is 0. The Morgan fingerprint density at radius 3 is 0.893 bits per heavy atom. The molecule has 0 heterocycles. The molecule has 0 bridgehead atoms. The van der Waals surface area contributed by atoms with Crippen LogP contribution in [0, 0.1) is 0 Å². The highest BCUT2D eigenvalue weighted by molar-refractivity contribution is 6.08. The first kappa shape index (κ1) is 20.5. The summed E-state index contributed by atoms with van der Waals surface area (Å²) in [5.74, 6) is 0.719. The number of hydrogen-bond donors (Lipinski definition) is 2. The summed E-state index contributed by atoms with van der Waals surface area (Å²) in [7, 11) is 0. The van der Waals surface area contributed by atoms with Crippen LogP contribution in [0.15, 0.2) is 121 Å². The standard InChI is InChI=1S/C13H10O.2C6H6O/c14-13(11-7-3-1-4-8-11)12-9-5-2-6-10-12;2*7-6-4-2-1-3-5-6/h1-10H;2*1-5,7H. The third-order valence-electron chi connectivity index (χ3n) is 3.58. The van der Waals surface area contributed by atoms with Gasteiger partial charge in [0.25, 0.3) is 0 Å². The number of para-hydroxylation sites is 2. The van der Waals surface area contributed by atoms with Gasteiger partial charge in [0.1, 0.15) is 11.5 Å². The third-order valence-corrected chi connectivity index (χ3v) is 3.58. The summed E-state index contributed by atoms with van der Waals surface area (Å²) >= 11 is 0. The number of phenols is 2. The smallest absolute Gasteiger partial charge is 0.193 e. The van der Waals surface area contributed by atoms with Crippen molar-refractivity contribution >= 4 is 5.78 Å². The van der Waals surface area contributed by atoms with Crippen LogP contribution in [0.2, 0.25) is 0 Å². The van der Waals surface area contributed by atoms with Crippen molar-refractivity contribution < 1.29 is 15.0 Å². The monoisotopic (exact) mass is 370 g/mol. The maximum Gasteiger partial charge on any atom is 0.193 e. The van der Waals surface area contributed by atoms with E-state index in [0.29, 0.717) is 11.5 Å². The first-order chi connectivity index (χ1) is 13.7. The van der Waals surface area contributed by atoms with E-state index in [1.54, 1.807) is 48.5 Å². The lowest BCUT2D eigenvalue weighted by molar-refractivity contribution is 0.103. The van der Waals surface area contributed by atoms with Crippen LogP contribution in [0.5, 0.6) is 11.5 Å². The molecule has 0 aromatic heterocycles. The fourth-order valence-corrected chi connectivity index (χ4v) is 2.20. The van der Waals surface area contributed by atoms with E-state index in [1.807, 2.05) is 72.8 Å². The molecule has 0 aliphatic carbocycles. The second-order valence-electron chi connectivity index (χ2n) is 5.73. The van der Waals surface area contributed by atoms with E-state index in [0.717, 1.165) is 11.1 Å². The van der Waals surface area contributed by atoms with E-state index < -0.39 is 0 Å². The lowest BCUT2D eigenvalue weighted by Gasteiger charge is -1.99. The van der Waals surface area contributed by atoms with Gasteiger partial charge in [0, 0.05) is 11.1 Å². The Bertz CT molecular complexity index is 843. The second kappa shape index (κ2) is 11.7. The van der Waals surface area contributed by atoms with E-state index in [4.69, 9.17) is 10.2 Å². The van der Waals surface area contributed by atoms with Crippen LogP contribution < -0.4 is 0 Å². The summed E-state index contributed by atoms with van der Waals surface area (Å²) in [6.07, 6.45) is 0. The topological polar surface area (TPSA) is 57.5 Å². The van der Waals surface area contributed by atoms with Crippen LogP contribution in [0.25, 0.3) is 0 Å². The highest BCUT2D eigenvalue weighted by atomic mass is 16.3. The van der Waals surface area contributed by atoms with Gasteiger partial charge in [0.2, 0.25) is 0 Å². The van der Waals surface area contributed by atoms with Crippen molar-refractivity contribution in [3.63, 3.8) is 0 Å². The van der Waals surface area contributed by atoms with Gasteiger partial charge in [0.05, 0.1) is 0 Å². The number of hydrogen-bond acceptors (Lipinski definition) is 3. The van der Waals surface area contributed by atoms with Gasteiger partial charge < -0.3 is 10.2 Å². The van der Waals surface area contributed by atoms with Crippen molar-refractivity contribution in [1.82, 2.24) is 0 Å². The molecule has 140 valence electrons. The largest absolute Gasteiger partial charge is 0.508 e. The number of phenolic OH excluding ortho intramolecular Hbond substituents is 2. The summed E-state index contributed by atoms with van der Waals surface area (Å²) in [5.41, 5.74) is 1.47. The fourth-order valence-electron chi connectivity index (χ4n) is 2.20. The molecular formula is C25H22O3. The molecule has 4 aromatic carbocycles. The van der Waals surface area contributed by atoms with Gasteiger partial charge in [-0.15, -0.1) is 0 Å². The lowest BCUT2D eigenvalue weighted by Crippen LogP contribution is -1.99. The Hall–Kier alpha value is -3.85. The molecule has 0 fully saturated rings. The van der Waals surface area contributed by atoms with Gasteiger partial charge in [-0.3, -0.25) is 4.79 Å². The zero-order valence-corrected chi connectivity index (χ0v) is 15.3. The highest BCUT2D eigenvalue weighted by Crippen LogP contribution is 2.08. The average molecular weight is 370 g/mol. The Labute approximate surface area is 165 Å². The number of ketones is 1. The van der Waals surface area contributed by atoms with E-state index >= 15 is 0 Å². The molecule has 3 heteroatoms. The molecule has 0 spiro atoms. The van der Waals surface area contributed by atoms with Gasteiger partial charge in [-0.25, -0.2) is 0 Å². The number of rotatable bonds is 2. The Balaban J connectivity index is 0.000000168. The van der Waals surface area contributed by atoms with Gasteiger partial charge in [-0.05, 0) is 24.3 Å². The van der Waals surface area contributed by atoms with Crippen molar-refractivity contribution in [2.24, 2.45) is 0 Å². The second-order valence-corrected chi connectivity index (χ2v) is 5.73. The van der Waals surface area contributed by atoms with Crippen molar-refractivity contribution in [1.29, 1.82) is 0 Å². The van der Waals surface area contributed by atoms with Gasteiger partial charge >= 0.3 is 0 Å². The van der Waals surface area contributed by atoms with Crippen LogP contribution in [0.3, 0.4) is 0 Å². The van der Waals surface area contributed by atoms with Crippen molar-refractivity contribution in [3.05, 3.63) is 132 Å². The zero-order valence-electron chi connectivity index (χ0n) is 15.3. The maximum absolute atomic E-state index is 11.8. The van der Waals surface area contributed by atoms with Gasteiger partial charge in [0.15, 0.2) is 5.78 Å². The molecule has 0 aliphatic rings. The number of carbonyl (C=O) groups excluding carboxylic acids is 1. The van der Waals surface area contributed by atoms with Crippen LogP contribution in [-0.4, -0.2) is 16.0 Å². The summed E-state index contributed by atoms with van der Waals surface area (Å²) in [6.45, 7) is 0. The number of carbonyl (C=O) groups is 1. The zero-order chi connectivity index (χ0) is 20.0. The molecule has 0 saturated heterocycles. The minimum Gasteiger partial charge on any atom is -0.508 e. The Morgan fingerprint density at radius 2 is 0.679 bits per heavy atom. The van der Waals surface area contributed by atoms with Gasteiger partial charge in [-0.2, -0.15) is 0 Å². The van der Waals surface area contributed by atoms with E-state index in [2.05, 4.69) is 0 Å². The molecule has 0 saturated carbocycles. The Morgan fingerprint density at radius 1 is 0.429 bits per heavy atom. The molecule has 0 unspecified atom stereocenters. The van der Waals surface area contributed by atoms with E-state index in [-0.39, 0.29) is 5.78 Å². The summed E-state index contributed by atoms with van der Waals surface area (Å²) in [5, 5.41) is 17.3. The van der Waals surface area contributed by atoms with Crippen molar-refractivity contribution in [2.45, 2.75) is 0 Å². The number of aromatic hydroxyl groups is 2. The van der Waals surface area contributed by atoms with E-state index in [1.165, 1.54) is 0 Å². The normalized spacial score (nSPS) is 9.14. The van der Waals surface area contributed by atoms with Crippen LogP contribution >= 0.6 is 0 Å². The predicted molar refractivity (Wildman–Crippen MR) is 113 cm³/mol. The van der Waals surface area contributed by atoms with Crippen molar-refractivity contribution in [3.8, 4) is 11.5 Å². The molecule has 28 heavy (non-hydrogen) atoms. The summed E-state index contributed by atoms with van der Waals surface area (Å²) in [4.78, 5) is 11.8. The minimum atomic E-state index is 0.0752. The van der Waals surface area contributed by atoms with Crippen LogP contribution in [0.4, 0.5) is 0 Å². The molecule has 0 amide bonds. The third kappa shape index (κ3) is 7.58. The molecule has 0 radical (unpaired) electrons. The quantitative estimate of drug-likeness (QED) is 0.445. The van der Waals surface area contributed by atoms with Crippen LogP contribution in [0.1, 0.15) is 15.9 Å². The fraction of sp³-hybridized carbons (Fsp3) is 0. The predicted octanol–water partition coefficient (Wildman–Crippen LogP) is 5.70. The summed E-state index contributed by atoms with van der Waals surface area (Å²) in [6, 6.07) is 36.0. The number of benzene rings is 4. The lowest BCUT2D eigenvalue weighted by atomic mass is 10.0. The molecule has 3 nitrogen and oxygen atoms in total. The molecular weight excluding hydrogens is 348 g/mol. The molecule has 2 N–H and O–H groups in total. The average Bonchev–Trinajstić information content (AvgIpc) is 2.76. The molecule has 4 rings (SSSR count). The van der Waals surface area contributed by atoms with Crippen molar-refractivity contribution in [2.75, 3.05) is 0 Å². The molecule has 4 aromatic rings. The van der Waals surface area contributed by atoms with E-state index in [9.17, 15) is 4.79 Å². The Kier molecular flexibility index (Phi) is 8.55. The maximum atomic E-state index is 11.8. The highest BCUT2D eigenvalue weighted by Gasteiger charge is 2.06. The molecule has 0 aliphatic heterocycles. The SMILES string of the molecule is O=C(c1ccccc1)c1ccccc1.Oc1ccccc1.Oc1ccccc1. The molecule has 0 atom stereocenters. The first-order valence-electron chi connectivity index (χ1n) is 8.79. The van der Waals surface area contributed by atoms with Crippen LogP contribution in [-0.2, 0) is 0 Å². The van der Waals surface area contributed by atoms with Gasteiger partial charge in [-0.1, -0.05) is 97.1 Å². The minimum absolute atomic E-state index is 0.0752. The first-order valence-corrected chi connectivity index (χ1v) is 8.79.